The predicted octanol–water partition coefficient (Wildman–Crippen LogP) is 3.97. The molecule has 1 aliphatic heterocycles. The van der Waals surface area contributed by atoms with E-state index in [1.54, 1.807) is 0 Å². The van der Waals surface area contributed by atoms with Crippen molar-refractivity contribution in [3.05, 3.63) is 29.8 Å². The molecule has 1 aromatic rings. The Labute approximate surface area is 99.5 Å². The van der Waals surface area contributed by atoms with Crippen LogP contribution in [0, 0.1) is 0 Å². The highest BCUT2D eigenvalue weighted by atomic mass is 15.2. The van der Waals surface area contributed by atoms with E-state index in [0.29, 0.717) is 6.04 Å². The molecule has 88 valence electrons. The standard InChI is InChI=1S/C15H23N/c1-11-15(5,6)12-9-7-8-10-13(12)16(11)14(2,3)4/h7-11H,1-6H3. The molecule has 1 atom stereocenters. The molecule has 0 spiro atoms. The Morgan fingerprint density at radius 3 is 2.25 bits per heavy atom. The molecule has 0 saturated carbocycles. The maximum Gasteiger partial charge on any atom is 0.0412 e. The van der Waals surface area contributed by atoms with Crippen LogP contribution >= 0.6 is 0 Å². The van der Waals surface area contributed by atoms with Gasteiger partial charge in [-0.05, 0) is 39.3 Å². The summed E-state index contributed by atoms with van der Waals surface area (Å²) < 4.78 is 0. The Morgan fingerprint density at radius 2 is 1.69 bits per heavy atom. The van der Waals surface area contributed by atoms with Gasteiger partial charge in [-0.3, -0.25) is 0 Å². The summed E-state index contributed by atoms with van der Waals surface area (Å²) in [6, 6.07) is 9.37. The van der Waals surface area contributed by atoms with Crippen LogP contribution in [0.1, 0.15) is 47.1 Å². The fourth-order valence-corrected chi connectivity index (χ4v) is 2.93. The zero-order valence-corrected chi connectivity index (χ0v) is 11.3. The van der Waals surface area contributed by atoms with Crippen LogP contribution in [0.25, 0.3) is 0 Å². The lowest BCUT2D eigenvalue weighted by Gasteiger charge is -2.41. The molecule has 0 N–H and O–H groups in total. The van der Waals surface area contributed by atoms with E-state index in [1.165, 1.54) is 11.3 Å². The quantitative estimate of drug-likeness (QED) is 0.635. The van der Waals surface area contributed by atoms with Crippen LogP contribution < -0.4 is 4.90 Å². The van der Waals surface area contributed by atoms with Crippen molar-refractivity contribution >= 4 is 5.69 Å². The lowest BCUT2D eigenvalue weighted by molar-refractivity contribution is 0.377. The first-order valence-corrected chi connectivity index (χ1v) is 6.15. The summed E-state index contributed by atoms with van der Waals surface area (Å²) in [5, 5.41) is 0. The van der Waals surface area contributed by atoms with Crippen molar-refractivity contribution in [2.75, 3.05) is 4.90 Å². The van der Waals surface area contributed by atoms with E-state index < -0.39 is 0 Å². The van der Waals surface area contributed by atoms with Gasteiger partial charge in [-0.2, -0.15) is 0 Å². The second-order valence-electron chi connectivity index (χ2n) is 6.46. The van der Waals surface area contributed by atoms with Gasteiger partial charge in [-0.1, -0.05) is 32.0 Å². The molecule has 0 aromatic heterocycles. The molecule has 1 aromatic carbocycles. The van der Waals surface area contributed by atoms with Gasteiger partial charge < -0.3 is 4.90 Å². The van der Waals surface area contributed by atoms with E-state index in [4.69, 9.17) is 0 Å². The van der Waals surface area contributed by atoms with Crippen LogP contribution in [-0.2, 0) is 5.41 Å². The number of nitrogens with zero attached hydrogens (tertiary/aromatic N) is 1. The van der Waals surface area contributed by atoms with Crippen molar-refractivity contribution in [2.45, 2.75) is 58.5 Å². The van der Waals surface area contributed by atoms with E-state index in [2.05, 4.69) is 70.7 Å². The highest BCUT2D eigenvalue weighted by Crippen LogP contribution is 2.47. The lowest BCUT2D eigenvalue weighted by Crippen LogP contribution is -2.49. The number of anilines is 1. The molecule has 0 amide bonds. The second-order valence-corrected chi connectivity index (χ2v) is 6.46. The summed E-state index contributed by atoms with van der Waals surface area (Å²) in [5.74, 6) is 0. The largest absolute Gasteiger partial charge is 0.363 e. The summed E-state index contributed by atoms with van der Waals surface area (Å²) in [7, 11) is 0. The molecule has 1 unspecified atom stereocenters. The molecule has 1 heterocycles. The molecule has 16 heavy (non-hydrogen) atoms. The van der Waals surface area contributed by atoms with Gasteiger partial charge >= 0.3 is 0 Å². The molecule has 0 fully saturated rings. The van der Waals surface area contributed by atoms with Crippen molar-refractivity contribution in [1.29, 1.82) is 0 Å². The molecule has 0 aliphatic carbocycles. The van der Waals surface area contributed by atoms with Crippen molar-refractivity contribution in [1.82, 2.24) is 0 Å². The molecular formula is C15H23N. The van der Waals surface area contributed by atoms with Gasteiger partial charge in [0.05, 0.1) is 0 Å². The molecule has 1 nitrogen and oxygen atoms in total. The van der Waals surface area contributed by atoms with Crippen LogP contribution in [-0.4, -0.2) is 11.6 Å². The zero-order valence-electron chi connectivity index (χ0n) is 11.3. The topological polar surface area (TPSA) is 3.24 Å². The fourth-order valence-electron chi connectivity index (χ4n) is 2.93. The first-order chi connectivity index (χ1) is 7.26. The summed E-state index contributed by atoms with van der Waals surface area (Å²) in [6.45, 7) is 13.9. The minimum atomic E-state index is 0.184. The Bertz CT molecular complexity index is 398. The third-order valence-corrected chi connectivity index (χ3v) is 4.01. The van der Waals surface area contributed by atoms with Crippen LogP contribution in [0.15, 0.2) is 24.3 Å². The molecule has 0 bridgehead atoms. The van der Waals surface area contributed by atoms with E-state index in [1.807, 2.05) is 0 Å². The van der Waals surface area contributed by atoms with Crippen molar-refractivity contribution in [3.63, 3.8) is 0 Å². The molecule has 0 radical (unpaired) electrons. The summed E-state index contributed by atoms with van der Waals surface area (Å²) in [4.78, 5) is 2.56. The van der Waals surface area contributed by atoms with Gasteiger partial charge in [0.15, 0.2) is 0 Å². The number of benzene rings is 1. The third-order valence-electron chi connectivity index (χ3n) is 4.01. The Hall–Kier alpha value is -0.980. The molecule has 0 saturated heterocycles. The Morgan fingerprint density at radius 1 is 1.12 bits per heavy atom. The van der Waals surface area contributed by atoms with Gasteiger partial charge in [0.2, 0.25) is 0 Å². The highest BCUT2D eigenvalue weighted by Gasteiger charge is 2.45. The second kappa shape index (κ2) is 3.26. The van der Waals surface area contributed by atoms with E-state index >= 15 is 0 Å². The number of para-hydroxylation sites is 1. The average molecular weight is 217 g/mol. The number of hydrogen-bond donors (Lipinski definition) is 0. The maximum atomic E-state index is 2.56. The van der Waals surface area contributed by atoms with Gasteiger partial charge in [0.25, 0.3) is 0 Å². The van der Waals surface area contributed by atoms with Gasteiger partial charge in [0.1, 0.15) is 0 Å². The van der Waals surface area contributed by atoms with E-state index in [9.17, 15) is 0 Å². The lowest BCUT2D eigenvalue weighted by atomic mass is 9.81. The normalized spacial score (nSPS) is 23.4. The maximum absolute atomic E-state index is 2.56. The summed E-state index contributed by atoms with van der Waals surface area (Å²) in [5.41, 5.74) is 3.32. The van der Waals surface area contributed by atoms with Crippen LogP contribution in [0.2, 0.25) is 0 Å². The number of hydrogen-bond acceptors (Lipinski definition) is 1. The first-order valence-electron chi connectivity index (χ1n) is 6.15. The average Bonchev–Trinajstić information content (AvgIpc) is 2.35. The van der Waals surface area contributed by atoms with Crippen molar-refractivity contribution < 1.29 is 0 Å². The van der Waals surface area contributed by atoms with Crippen LogP contribution in [0.5, 0.6) is 0 Å². The van der Waals surface area contributed by atoms with Crippen molar-refractivity contribution in [3.8, 4) is 0 Å². The zero-order chi connectivity index (χ0) is 12.1. The fraction of sp³-hybridized carbons (Fsp3) is 0.600. The van der Waals surface area contributed by atoms with Gasteiger partial charge in [-0.25, -0.2) is 0 Å². The van der Waals surface area contributed by atoms with Crippen LogP contribution in [0.3, 0.4) is 0 Å². The number of fused-ring (bicyclic) bond motifs is 1. The smallest absolute Gasteiger partial charge is 0.0412 e. The minimum absolute atomic E-state index is 0.184. The number of rotatable bonds is 0. The SMILES string of the molecule is CC1N(C(C)(C)C)c2ccccc2C1(C)C. The monoisotopic (exact) mass is 217 g/mol. The molecule has 2 rings (SSSR count). The van der Waals surface area contributed by atoms with Gasteiger partial charge in [-0.15, -0.1) is 0 Å². The Kier molecular flexibility index (Phi) is 2.34. The van der Waals surface area contributed by atoms with E-state index in [-0.39, 0.29) is 11.0 Å². The summed E-state index contributed by atoms with van der Waals surface area (Å²) >= 11 is 0. The molecule has 1 heteroatoms. The highest BCUT2D eigenvalue weighted by molar-refractivity contribution is 5.65. The first kappa shape index (κ1) is 11.5. The molecule has 1 aliphatic rings. The van der Waals surface area contributed by atoms with E-state index in [0.717, 1.165) is 0 Å². The Balaban J connectivity index is 2.61. The van der Waals surface area contributed by atoms with Crippen molar-refractivity contribution in [2.24, 2.45) is 0 Å². The summed E-state index contributed by atoms with van der Waals surface area (Å²) in [6.07, 6.45) is 0. The predicted molar refractivity (Wildman–Crippen MR) is 71.2 cm³/mol. The third kappa shape index (κ3) is 1.45. The minimum Gasteiger partial charge on any atom is -0.363 e. The molecular weight excluding hydrogens is 194 g/mol. The van der Waals surface area contributed by atoms with Crippen LogP contribution in [0.4, 0.5) is 5.69 Å². The van der Waals surface area contributed by atoms with Gasteiger partial charge in [0, 0.05) is 22.7 Å².